The van der Waals surface area contributed by atoms with E-state index in [0.717, 1.165) is 5.39 Å². The molecule has 4 rings (SSSR count). The molecule has 0 N–H and O–H groups in total. The molecule has 1 heterocycles. The number of ether oxygens (including phenoxy) is 1. The second-order valence-corrected chi connectivity index (χ2v) is 10.1. The molecule has 0 saturated carbocycles. The molecule has 0 aliphatic heterocycles. The number of hydrogen-bond acceptors (Lipinski definition) is 6. The fraction of sp³-hybridized carbons (Fsp3) is 0.125. The van der Waals surface area contributed by atoms with Crippen molar-refractivity contribution < 1.29 is 13.2 Å². The summed E-state index contributed by atoms with van der Waals surface area (Å²) >= 11 is 12.7. The number of halogens is 2. The first-order valence-corrected chi connectivity index (χ1v) is 12.4. The van der Waals surface area contributed by atoms with Gasteiger partial charge in [0.2, 0.25) is 0 Å². The Kier molecular flexibility index (Phi) is 6.80. The van der Waals surface area contributed by atoms with Gasteiger partial charge in [-0.25, -0.2) is 18.4 Å². The Morgan fingerprint density at radius 3 is 2.55 bits per heavy atom. The van der Waals surface area contributed by atoms with Gasteiger partial charge < -0.3 is 4.74 Å². The van der Waals surface area contributed by atoms with Gasteiger partial charge in [-0.05, 0) is 48.9 Å². The molecule has 0 amide bonds. The number of sulfone groups is 1. The fourth-order valence-corrected chi connectivity index (χ4v) is 5.11. The highest BCUT2D eigenvalue weighted by molar-refractivity contribution is 7.91. The molecule has 4 aromatic rings. The predicted molar refractivity (Wildman–Crippen MR) is 128 cm³/mol. The van der Waals surface area contributed by atoms with Gasteiger partial charge in [-0.15, -0.1) is 0 Å². The number of benzene rings is 3. The van der Waals surface area contributed by atoms with E-state index < -0.39 is 9.84 Å². The highest BCUT2D eigenvalue weighted by atomic mass is 35.5. The molecule has 0 atom stereocenters. The Bertz CT molecular complexity index is 1480. The van der Waals surface area contributed by atoms with Crippen molar-refractivity contribution in [3.8, 4) is 28.8 Å². The first-order valence-electron chi connectivity index (χ1n) is 9.96. The predicted octanol–water partition coefficient (Wildman–Crippen LogP) is 6.47. The van der Waals surface area contributed by atoms with Crippen molar-refractivity contribution in [3.05, 3.63) is 77.0 Å². The van der Waals surface area contributed by atoms with Crippen molar-refractivity contribution >= 4 is 43.9 Å². The molecule has 0 radical (unpaired) electrons. The van der Waals surface area contributed by atoms with Crippen molar-refractivity contribution in [2.45, 2.75) is 17.7 Å². The monoisotopic (exact) mass is 497 g/mol. The number of hydrogen-bond donors (Lipinski definition) is 0. The van der Waals surface area contributed by atoms with E-state index in [1.807, 2.05) is 18.2 Å². The number of aromatic nitrogens is 2. The summed E-state index contributed by atoms with van der Waals surface area (Å²) in [5, 5.41) is 10.4. The van der Waals surface area contributed by atoms with Crippen LogP contribution >= 0.6 is 23.2 Å². The van der Waals surface area contributed by atoms with Crippen LogP contribution in [0.3, 0.4) is 0 Å². The number of rotatable bonds is 7. The molecular weight excluding hydrogens is 481 g/mol. The van der Waals surface area contributed by atoms with Crippen LogP contribution < -0.4 is 4.74 Å². The summed E-state index contributed by atoms with van der Waals surface area (Å²) < 4.78 is 31.0. The van der Waals surface area contributed by atoms with Gasteiger partial charge in [-0.2, -0.15) is 5.26 Å². The molecule has 0 aliphatic rings. The standard InChI is InChI=1S/C24H17Cl2N3O3S/c25-21-10-9-17(14-20(21)23-19-7-4-8-22(26)24(19)29-15-28-23)32-16-5-3-6-18(13-16)33(30,31)12-2-1-11-27/h3-10,13-15H,1-2,12H2. The zero-order chi connectivity index (χ0) is 23.4. The minimum Gasteiger partial charge on any atom is -0.457 e. The number of unbranched alkanes of at least 4 members (excludes halogenated alkanes) is 1. The van der Waals surface area contributed by atoms with E-state index in [1.54, 1.807) is 36.4 Å². The molecule has 0 spiro atoms. The highest BCUT2D eigenvalue weighted by Gasteiger charge is 2.16. The van der Waals surface area contributed by atoms with Gasteiger partial charge in [-0.1, -0.05) is 41.4 Å². The highest BCUT2D eigenvalue weighted by Crippen LogP contribution is 2.36. The van der Waals surface area contributed by atoms with E-state index in [9.17, 15) is 8.42 Å². The van der Waals surface area contributed by atoms with Crippen molar-refractivity contribution in [2.75, 3.05) is 5.75 Å². The first-order chi connectivity index (χ1) is 15.9. The molecule has 9 heteroatoms. The zero-order valence-electron chi connectivity index (χ0n) is 17.2. The molecule has 6 nitrogen and oxygen atoms in total. The summed E-state index contributed by atoms with van der Waals surface area (Å²) in [6.45, 7) is 0. The Hall–Kier alpha value is -3.18. The first kappa shape index (κ1) is 23.0. The Morgan fingerprint density at radius 2 is 1.73 bits per heavy atom. The van der Waals surface area contributed by atoms with E-state index in [4.69, 9.17) is 33.2 Å². The Morgan fingerprint density at radius 1 is 0.939 bits per heavy atom. The SMILES string of the molecule is N#CCCCS(=O)(=O)c1cccc(Oc2ccc(Cl)c(-c3ncnc4c(Cl)cccc34)c2)c1. The molecule has 0 unspecified atom stereocenters. The van der Waals surface area contributed by atoms with Crippen LogP contribution in [0.15, 0.2) is 71.9 Å². The molecule has 0 fully saturated rings. The van der Waals surface area contributed by atoms with Crippen LogP contribution in [0, 0.1) is 11.3 Å². The van der Waals surface area contributed by atoms with Gasteiger partial charge in [0.15, 0.2) is 9.84 Å². The molecule has 0 bridgehead atoms. The van der Waals surface area contributed by atoms with Crippen molar-refractivity contribution in [1.82, 2.24) is 9.97 Å². The number of nitriles is 1. The van der Waals surface area contributed by atoms with Gasteiger partial charge in [-0.3, -0.25) is 0 Å². The van der Waals surface area contributed by atoms with Crippen molar-refractivity contribution in [2.24, 2.45) is 0 Å². The van der Waals surface area contributed by atoms with Crippen LogP contribution in [-0.2, 0) is 9.84 Å². The molecule has 0 saturated heterocycles. The van der Waals surface area contributed by atoms with E-state index in [-0.39, 0.29) is 23.5 Å². The van der Waals surface area contributed by atoms with Gasteiger partial charge in [0.25, 0.3) is 0 Å². The maximum absolute atomic E-state index is 12.5. The third kappa shape index (κ3) is 5.09. The van der Waals surface area contributed by atoms with Crippen molar-refractivity contribution in [1.29, 1.82) is 5.26 Å². The topological polar surface area (TPSA) is 92.9 Å². The molecule has 1 aromatic heterocycles. The van der Waals surface area contributed by atoms with Gasteiger partial charge >= 0.3 is 0 Å². The number of nitrogens with zero attached hydrogens (tertiary/aromatic N) is 3. The van der Waals surface area contributed by atoms with E-state index in [0.29, 0.717) is 38.3 Å². The minimum atomic E-state index is -3.52. The summed E-state index contributed by atoms with van der Waals surface area (Å²) in [5.74, 6) is 0.723. The molecule has 33 heavy (non-hydrogen) atoms. The lowest BCUT2D eigenvalue weighted by molar-refractivity contribution is 0.481. The van der Waals surface area contributed by atoms with Gasteiger partial charge in [0.05, 0.1) is 38.0 Å². The number of para-hydroxylation sites is 1. The smallest absolute Gasteiger partial charge is 0.178 e. The summed E-state index contributed by atoms with van der Waals surface area (Å²) in [7, 11) is -3.52. The Balaban J connectivity index is 1.67. The van der Waals surface area contributed by atoms with Crippen LogP contribution in [0.5, 0.6) is 11.5 Å². The average molecular weight is 498 g/mol. The van der Waals surface area contributed by atoms with Crippen LogP contribution in [0.4, 0.5) is 0 Å². The summed E-state index contributed by atoms with van der Waals surface area (Å²) in [6, 6.07) is 18.8. The van der Waals surface area contributed by atoms with E-state index in [1.165, 1.54) is 18.5 Å². The van der Waals surface area contributed by atoms with E-state index >= 15 is 0 Å². The third-order valence-corrected chi connectivity index (χ3v) is 7.34. The van der Waals surface area contributed by atoms with Gasteiger partial charge in [0, 0.05) is 17.4 Å². The van der Waals surface area contributed by atoms with Crippen LogP contribution in [0.25, 0.3) is 22.2 Å². The summed E-state index contributed by atoms with van der Waals surface area (Å²) in [4.78, 5) is 8.79. The maximum atomic E-state index is 12.5. The molecule has 166 valence electrons. The second kappa shape index (κ2) is 9.75. The van der Waals surface area contributed by atoms with Crippen molar-refractivity contribution in [3.63, 3.8) is 0 Å². The minimum absolute atomic E-state index is 0.0988. The molecular formula is C24H17Cl2N3O3S. The van der Waals surface area contributed by atoms with Gasteiger partial charge in [0.1, 0.15) is 17.8 Å². The quantitative estimate of drug-likeness (QED) is 0.271. The molecule has 3 aromatic carbocycles. The third-order valence-electron chi connectivity index (χ3n) is 4.91. The zero-order valence-corrected chi connectivity index (χ0v) is 19.5. The largest absolute Gasteiger partial charge is 0.457 e. The second-order valence-electron chi connectivity index (χ2n) is 7.16. The van der Waals surface area contributed by atoms with E-state index in [2.05, 4.69) is 9.97 Å². The summed E-state index contributed by atoms with van der Waals surface area (Å²) in [5.41, 5.74) is 1.84. The lowest BCUT2D eigenvalue weighted by atomic mass is 10.1. The fourth-order valence-electron chi connectivity index (χ4n) is 3.34. The lowest BCUT2D eigenvalue weighted by Gasteiger charge is -2.12. The molecule has 0 aliphatic carbocycles. The average Bonchev–Trinajstić information content (AvgIpc) is 2.81. The van der Waals surface area contributed by atoms with Crippen LogP contribution in [-0.4, -0.2) is 24.1 Å². The van der Waals surface area contributed by atoms with Crippen LogP contribution in [0.2, 0.25) is 10.0 Å². The normalized spacial score (nSPS) is 11.3. The maximum Gasteiger partial charge on any atom is 0.178 e. The van der Waals surface area contributed by atoms with Crippen LogP contribution in [0.1, 0.15) is 12.8 Å². The lowest BCUT2D eigenvalue weighted by Crippen LogP contribution is -2.06. The summed E-state index contributed by atoms with van der Waals surface area (Å²) in [6.07, 6.45) is 1.89. The number of fused-ring (bicyclic) bond motifs is 1. The Labute approximate surface area is 201 Å².